The van der Waals surface area contributed by atoms with E-state index in [-0.39, 0.29) is 34.1 Å². The molecule has 0 bridgehead atoms. The number of carbonyl (C=O) groups excluding carboxylic acids is 1. The Morgan fingerprint density at radius 3 is 2.57 bits per heavy atom. The molecule has 0 heterocycles. The Balaban J connectivity index is 1.98. The Kier molecular flexibility index (Phi) is 7.68. The Bertz CT molecular complexity index is 932. The first kappa shape index (κ1) is 22.0. The largest absolute Gasteiger partial charge is 0.497 e. The van der Waals surface area contributed by atoms with E-state index in [1.165, 1.54) is 25.3 Å². The van der Waals surface area contributed by atoms with Crippen LogP contribution in [0.5, 0.6) is 11.5 Å². The molecule has 0 radical (unpaired) electrons. The molecule has 0 fully saturated rings. The number of carbonyl (C=O) groups is 1. The lowest BCUT2D eigenvalue weighted by Gasteiger charge is -2.12. The van der Waals surface area contributed by atoms with Gasteiger partial charge < -0.3 is 14.8 Å². The van der Waals surface area contributed by atoms with Crippen molar-refractivity contribution in [2.45, 2.75) is 18.7 Å². The number of halogens is 1. The molecule has 2 N–H and O–H groups in total. The normalized spacial score (nSPS) is 11.3. The van der Waals surface area contributed by atoms with E-state index < -0.39 is 10.0 Å². The van der Waals surface area contributed by atoms with Crippen molar-refractivity contribution < 1.29 is 22.7 Å². The second kappa shape index (κ2) is 9.77. The van der Waals surface area contributed by atoms with Crippen LogP contribution in [0.1, 0.15) is 13.8 Å². The zero-order valence-corrected chi connectivity index (χ0v) is 17.4. The number of anilines is 1. The fraction of sp³-hybridized carbons (Fsp3) is 0.316. The third-order valence-corrected chi connectivity index (χ3v) is 5.32. The summed E-state index contributed by atoms with van der Waals surface area (Å²) in [4.78, 5) is 12.1. The molecule has 1 amide bonds. The molecule has 152 valence electrons. The molecule has 2 aromatic carbocycles. The third kappa shape index (κ3) is 6.40. The first-order valence-corrected chi connectivity index (χ1v) is 10.4. The molecule has 0 aliphatic rings. The maximum Gasteiger partial charge on any atom is 0.262 e. The minimum atomic E-state index is -3.65. The van der Waals surface area contributed by atoms with E-state index in [0.717, 1.165) is 0 Å². The third-order valence-electron chi connectivity index (χ3n) is 3.61. The standard InChI is InChI=1S/C19H23ClN2O5S/c1-13(2)11-21-28(24,25)16-7-8-18(17(20)10-16)27-12-19(23)22-14-5-4-6-15(9-14)26-3/h4-10,13,21H,11-12H2,1-3H3,(H,22,23). The lowest BCUT2D eigenvalue weighted by molar-refractivity contribution is -0.118. The molecule has 0 aliphatic carbocycles. The Labute approximate surface area is 170 Å². The minimum Gasteiger partial charge on any atom is -0.497 e. The average molecular weight is 427 g/mol. The van der Waals surface area contributed by atoms with Crippen LogP contribution in [0.25, 0.3) is 0 Å². The summed E-state index contributed by atoms with van der Waals surface area (Å²) in [5, 5.41) is 2.78. The summed E-state index contributed by atoms with van der Waals surface area (Å²) in [5.74, 6) is 0.616. The highest BCUT2D eigenvalue weighted by Gasteiger charge is 2.17. The second-order valence-corrected chi connectivity index (χ2v) is 8.58. The Hall–Kier alpha value is -2.29. The summed E-state index contributed by atoms with van der Waals surface area (Å²) in [6.45, 7) is 3.85. The molecular weight excluding hydrogens is 404 g/mol. The van der Waals surface area contributed by atoms with Gasteiger partial charge in [0.1, 0.15) is 11.5 Å². The average Bonchev–Trinajstić information content (AvgIpc) is 2.65. The van der Waals surface area contributed by atoms with Crippen molar-refractivity contribution in [3.8, 4) is 11.5 Å². The number of nitrogens with one attached hydrogen (secondary N) is 2. The molecule has 0 atom stereocenters. The van der Waals surface area contributed by atoms with Gasteiger partial charge in [0.05, 0.1) is 17.0 Å². The van der Waals surface area contributed by atoms with Crippen LogP contribution in [0.2, 0.25) is 5.02 Å². The van der Waals surface area contributed by atoms with Gasteiger partial charge in [-0.25, -0.2) is 13.1 Å². The van der Waals surface area contributed by atoms with Gasteiger partial charge in [-0.1, -0.05) is 31.5 Å². The molecule has 0 aromatic heterocycles. The van der Waals surface area contributed by atoms with Gasteiger partial charge in [0.2, 0.25) is 10.0 Å². The van der Waals surface area contributed by atoms with Crippen LogP contribution in [0.4, 0.5) is 5.69 Å². The summed E-state index contributed by atoms with van der Waals surface area (Å²) in [6.07, 6.45) is 0. The maximum absolute atomic E-state index is 12.2. The summed E-state index contributed by atoms with van der Waals surface area (Å²) < 4.78 is 37.5. The van der Waals surface area contributed by atoms with E-state index in [2.05, 4.69) is 10.0 Å². The summed E-state index contributed by atoms with van der Waals surface area (Å²) in [5.41, 5.74) is 0.566. The first-order valence-electron chi connectivity index (χ1n) is 8.57. The molecule has 2 rings (SSSR count). The van der Waals surface area contributed by atoms with E-state index >= 15 is 0 Å². The molecule has 7 nitrogen and oxygen atoms in total. The van der Waals surface area contributed by atoms with Crippen LogP contribution in [0.3, 0.4) is 0 Å². The van der Waals surface area contributed by atoms with Crippen LogP contribution < -0.4 is 19.5 Å². The fourth-order valence-electron chi connectivity index (χ4n) is 2.17. The van der Waals surface area contributed by atoms with Crippen molar-refractivity contribution in [2.75, 3.05) is 25.6 Å². The molecule has 28 heavy (non-hydrogen) atoms. The van der Waals surface area contributed by atoms with Crippen molar-refractivity contribution >= 4 is 33.2 Å². The summed E-state index contributed by atoms with van der Waals surface area (Å²) in [7, 11) is -2.12. The van der Waals surface area contributed by atoms with Crippen molar-refractivity contribution in [3.05, 3.63) is 47.5 Å². The van der Waals surface area contributed by atoms with Crippen molar-refractivity contribution in [2.24, 2.45) is 5.92 Å². The fourth-order valence-corrected chi connectivity index (χ4v) is 3.71. The topological polar surface area (TPSA) is 93.7 Å². The van der Waals surface area contributed by atoms with E-state index in [1.807, 2.05) is 13.8 Å². The molecule has 0 unspecified atom stereocenters. The lowest BCUT2D eigenvalue weighted by Crippen LogP contribution is -2.27. The maximum atomic E-state index is 12.2. The second-order valence-electron chi connectivity index (χ2n) is 6.41. The molecule has 0 aliphatic heterocycles. The number of sulfonamides is 1. The number of hydrogen-bond donors (Lipinski definition) is 2. The van der Waals surface area contributed by atoms with E-state index in [9.17, 15) is 13.2 Å². The van der Waals surface area contributed by atoms with Crippen LogP contribution in [0.15, 0.2) is 47.4 Å². The zero-order valence-electron chi connectivity index (χ0n) is 15.9. The number of hydrogen-bond acceptors (Lipinski definition) is 5. The van der Waals surface area contributed by atoms with Gasteiger partial charge in [0.25, 0.3) is 5.91 Å². The number of benzene rings is 2. The molecule has 0 saturated carbocycles. The summed E-state index contributed by atoms with van der Waals surface area (Å²) >= 11 is 6.12. The van der Waals surface area contributed by atoms with Crippen molar-refractivity contribution in [1.29, 1.82) is 0 Å². The van der Waals surface area contributed by atoms with Gasteiger partial charge in [0, 0.05) is 18.3 Å². The lowest BCUT2D eigenvalue weighted by atomic mass is 10.2. The number of amides is 1. The van der Waals surface area contributed by atoms with Gasteiger partial charge in [-0.15, -0.1) is 0 Å². The van der Waals surface area contributed by atoms with Crippen LogP contribution in [0, 0.1) is 5.92 Å². The van der Waals surface area contributed by atoms with E-state index in [0.29, 0.717) is 18.0 Å². The highest BCUT2D eigenvalue weighted by Crippen LogP contribution is 2.27. The Morgan fingerprint density at radius 1 is 1.18 bits per heavy atom. The molecule has 2 aromatic rings. The van der Waals surface area contributed by atoms with Gasteiger partial charge in [-0.05, 0) is 36.2 Å². The van der Waals surface area contributed by atoms with Crippen LogP contribution >= 0.6 is 11.6 Å². The highest BCUT2D eigenvalue weighted by atomic mass is 35.5. The van der Waals surface area contributed by atoms with Gasteiger partial charge in [-0.2, -0.15) is 0 Å². The molecule has 0 saturated heterocycles. The molecule has 0 spiro atoms. The summed E-state index contributed by atoms with van der Waals surface area (Å²) in [6, 6.07) is 11.0. The first-order chi connectivity index (χ1) is 13.2. The van der Waals surface area contributed by atoms with Gasteiger partial charge in [-0.3, -0.25) is 4.79 Å². The zero-order chi connectivity index (χ0) is 20.7. The van der Waals surface area contributed by atoms with E-state index in [4.69, 9.17) is 21.1 Å². The molecule has 9 heteroatoms. The van der Waals surface area contributed by atoms with Crippen LogP contribution in [-0.2, 0) is 14.8 Å². The van der Waals surface area contributed by atoms with Gasteiger partial charge >= 0.3 is 0 Å². The molecular formula is C19H23ClN2O5S. The minimum absolute atomic E-state index is 0.0336. The quantitative estimate of drug-likeness (QED) is 0.641. The predicted molar refractivity (Wildman–Crippen MR) is 109 cm³/mol. The van der Waals surface area contributed by atoms with Crippen molar-refractivity contribution in [1.82, 2.24) is 4.72 Å². The van der Waals surface area contributed by atoms with E-state index in [1.54, 1.807) is 24.3 Å². The Morgan fingerprint density at radius 2 is 1.93 bits per heavy atom. The monoisotopic (exact) mass is 426 g/mol. The van der Waals surface area contributed by atoms with Crippen molar-refractivity contribution in [3.63, 3.8) is 0 Å². The SMILES string of the molecule is COc1cccc(NC(=O)COc2ccc(S(=O)(=O)NCC(C)C)cc2Cl)c1. The number of methoxy groups -OCH3 is 1. The smallest absolute Gasteiger partial charge is 0.262 e. The highest BCUT2D eigenvalue weighted by molar-refractivity contribution is 7.89. The number of ether oxygens (including phenoxy) is 2. The predicted octanol–water partition coefficient (Wildman–Crippen LogP) is 3.30. The van der Waals surface area contributed by atoms with Crippen LogP contribution in [-0.4, -0.2) is 34.6 Å². The number of rotatable bonds is 9. The van der Waals surface area contributed by atoms with Gasteiger partial charge in [0.15, 0.2) is 6.61 Å².